The highest BCUT2D eigenvalue weighted by atomic mass is 32.1. The summed E-state index contributed by atoms with van der Waals surface area (Å²) in [7, 11) is 1.69. The van der Waals surface area contributed by atoms with Crippen molar-refractivity contribution >= 4 is 17.3 Å². The number of thiophene rings is 1. The fraction of sp³-hybridized carbons (Fsp3) is 0.353. The lowest BCUT2D eigenvalue weighted by Gasteiger charge is -2.15. The Morgan fingerprint density at radius 3 is 2.74 bits per heavy atom. The van der Waals surface area contributed by atoms with Crippen LogP contribution in [0.15, 0.2) is 40.7 Å². The first kappa shape index (κ1) is 17.4. The molecule has 0 radical (unpaired) electrons. The molecule has 0 spiro atoms. The average molecular weight is 337 g/mol. The van der Waals surface area contributed by atoms with Gasteiger partial charge >= 0.3 is 0 Å². The SMILES string of the molecule is CN=C(NCCc1cccc(F)c1F)NCC(C)c1cccs1. The van der Waals surface area contributed by atoms with Crippen LogP contribution in [0.5, 0.6) is 0 Å². The number of hydrogen-bond donors (Lipinski definition) is 2. The van der Waals surface area contributed by atoms with Crippen molar-refractivity contribution < 1.29 is 8.78 Å². The van der Waals surface area contributed by atoms with Crippen molar-refractivity contribution in [1.82, 2.24) is 10.6 Å². The van der Waals surface area contributed by atoms with E-state index in [2.05, 4.69) is 34.0 Å². The summed E-state index contributed by atoms with van der Waals surface area (Å²) in [6.45, 7) is 3.39. The van der Waals surface area contributed by atoms with E-state index in [1.165, 1.54) is 10.9 Å². The minimum absolute atomic E-state index is 0.361. The van der Waals surface area contributed by atoms with Crippen LogP contribution in [0, 0.1) is 11.6 Å². The van der Waals surface area contributed by atoms with Gasteiger partial charge in [0.1, 0.15) is 0 Å². The summed E-state index contributed by atoms with van der Waals surface area (Å²) in [6.07, 6.45) is 0.394. The first-order chi connectivity index (χ1) is 11.1. The van der Waals surface area contributed by atoms with Crippen molar-refractivity contribution in [3.05, 3.63) is 57.8 Å². The zero-order valence-corrected chi connectivity index (χ0v) is 14.1. The van der Waals surface area contributed by atoms with Crippen LogP contribution in [-0.2, 0) is 6.42 Å². The summed E-state index contributed by atoms with van der Waals surface area (Å²) < 4.78 is 26.7. The lowest BCUT2D eigenvalue weighted by Crippen LogP contribution is -2.39. The molecule has 0 amide bonds. The van der Waals surface area contributed by atoms with Gasteiger partial charge in [-0.05, 0) is 29.5 Å². The van der Waals surface area contributed by atoms with Crippen LogP contribution in [-0.4, -0.2) is 26.1 Å². The maximum Gasteiger partial charge on any atom is 0.191 e. The van der Waals surface area contributed by atoms with Crippen LogP contribution in [0.4, 0.5) is 8.78 Å². The zero-order chi connectivity index (χ0) is 16.7. The third kappa shape index (κ3) is 5.03. The molecule has 1 aromatic carbocycles. The van der Waals surface area contributed by atoms with Crippen LogP contribution in [0.25, 0.3) is 0 Å². The second-order valence-corrected chi connectivity index (χ2v) is 6.24. The van der Waals surface area contributed by atoms with Gasteiger partial charge < -0.3 is 10.6 Å². The Kier molecular flexibility index (Phi) is 6.52. The molecule has 3 nitrogen and oxygen atoms in total. The molecule has 2 N–H and O–H groups in total. The molecule has 1 heterocycles. The predicted octanol–water partition coefficient (Wildman–Crippen LogP) is 3.54. The molecule has 2 rings (SSSR count). The summed E-state index contributed by atoms with van der Waals surface area (Å²) >= 11 is 1.73. The molecule has 1 aromatic heterocycles. The Balaban J connectivity index is 1.78. The van der Waals surface area contributed by atoms with Crippen LogP contribution in [0.1, 0.15) is 23.3 Å². The van der Waals surface area contributed by atoms with E-state index in [-0.39, 0.29) is 0 Å². The summed E-state index contributed by atoms with van der Waals surface area (Å²) in [5.74, 6) is -0.544. The molecular weight excluding hydrogens is 316 g/mol. The van der Waals surface area contributed by atoms with E-state index in [0.29, 0.717) is 30.4 Å². The quantitative estimate of drug-likeness (QED) is 0.625. The Morgan fingerprint density at radius 1 is 1.22 bits per heavy atom. The Morgan fingerprint density at radius 2 is 2.04 bits per heavy atom. The molecule has 124 valence electrons. The molecule has 0 bridgehead atoms. The number of nitrogens with zero attached hydrogens (tertiary/aromatic N) is 1. The fourth-order valence-electron chi connectivity index (χ4n) is 2.20. The van der Waals surface area contributed by atoms with E-state index in [1.807, 2.05) is 6.07 Å². The van der Waals surface area contributed by atoms with Crippen LogP contribution < -0.4 is 10.6 Å². The van der Waals surface area contributed by atoms with Crippen molar-refractivity contribution in [3.63, 3.8) is 0 Å². The Bertz CT molecular complexity index is 641. The number of benzene rings is 1. The molecule has 0 saturated heterocycles. The molecular formula is C17H21F2N3S. The maximum atomic E-state index is 13.6. The van der Waals surface area contributed by atoms with Gasteiger partial charge in [0.15, 0.2) is 17.6 Å². The summed E-state index contributed by atoms with van der Waals surface area (Å²) in [6, 6.07) is 8.38. The first-order valence-corrected chi connectivity index (χ1v) is 8.40. The van der Waals surface area contributed by atoms with Crippen molar-refractivity contribution in [2.75, 3.05) is 20.1 Å². The summed E-state index contributed by atoms with van der Waals surface area (Å²) in [5.41, 5.74) is 0.361. The number of rotatable bonds is 6. The van der Waals surface area contributed by atoms with Crippen molar-refractivity contribution in [2.45, 2.75) is 19.3 Å². The highest BCUT2D eigenvalue weighted by molar-refractivity contribution is 7.10. The second-order valence-electron chi connectivity index (χ2n) is 5.26. The van der Waals surface area contributed by atoms with E-state index in [0.717, 1.165) is 12.6 Å². The molecule has 0 aliphatic carbocycles. The Hall–Kier alpha value is -1.95. The number of aliphatic imine (C=N–C) groups is 1. The molecule has 0 fully saturated rings. The number of guanidine groups is 1. The van der Waals surface area contributed by atoms with Crippen molar-refractivity contribution in [1.29, 1.82) is 0 Å². The molecule has 0 aliphatic rings. The topological polar surface area (TPSA) is 36.4 Å². The van der Waals surface area contributed by atoms with Crippen LogP contribution in [0.2, 0.25) is 0 Å². The van der Waals surface area contributed by atoms with Gasteiger partial charge in [0.2, 0.25) is 0 Å². The standard InChI is InChI=1S/C17H21F2N3S/c1-12(15-7-4-10-23-15)11-22-17(20-2)21-9-8-13-5-3-6-14(18)16(13)19/h3-7,10,12H,8-9,11H2,1-2H3,(H2,20,21,22). The highest BCUT2D eigenvalue weighted by Crippen LogP contribution is 2.19. The maximum absolute atomic E-state index is 13.6. The van der Waals surface area contributed by atoms with Gasteiger partial charge in [-0.3, -0.25) is 4.99 Å². The van der Waals surface area contributed by atoms with Gasteiger partial charge in [-0.25, -0.2) is 8.78 Å². The van der Waals surface area contributed by atoms with E-state index in [1.54, 1.807) is 24.5 Å². The van der Waals surface area contributed by atoms with Gasteiger partial charge in [0.05, 0.1) is 0 Å². The van der Waals surface area contributed by atoms with Crippen LogP contribution in [0.3, 0.4) is 0 Å². The molecule has 1 unspecified atom stereocenters. The lowest BCUT2D eigenvalue weighted by atomic mass is 10.1. The summed E-state index contributed by atoms with van der Waals surface area (Å²) in [4.78, 5) is 5.46. The van der Waals surface area contributed by atoms with Gasteiger partial charge in [-0.2, -0.15) is 0 Å². The van der Waals surface area contributed by atoms with Crippen LogP contribution >= 0.6 is 11.3 Å². The van der Waals surface area contributed by atoms with Gasteiger partial charge in [-0.15, -0.1) is 11.3 Å². The van der Waals surface area contributed by atoms with Crippen molar-refractivity contribution in [3.8, 4) is 0 Å². The minimum Gasteiger partial charge on any atom is -0.356 e. The smallest absolute Gasteiger partial charge is 0.191 e. The number of hydrogen-bond acceptors (Lipinski definition) is 2. The highest BCUT2D eigenvalue weighted by Gasteiger charge is 2.09. The third-order valence-corrected chi connectivity index (χ3v) is 4.65. The first-order valence-electron chi connectivity index (χ1n) is 7.52. The average Bonchev–Trinajstić information content (AvgIpc) is 3.08. The molecule has 0 saturated carbocycles. The predicted molar refractivity (Wildman–Crippen MR) is 92.2 cm³/mol. The van der Waals surface area contributed by atoms with E-state index in [9.17, 15) is 8.78 Å². The molecule has 1 atom stereocenters. The monoisotopic (exact) mass is 337 g/mol. The Labute approximate surface area is 139 Å². The fourth-order valence-corrected chi connectivity index (χ4v) is 2.99. The number of halogens is 2. The largest absolute Gasteiger partial charge is 0.356 e. The molecule has 6 heteroatoms. The molecule has 23 heavy (non-hydrogen) atoms. The van der Waals surface area contributed by atoms with Gasteiger partial charge in [0.25, 0.3) is 0 Å². The lowest BCUT2D eigenvalue weighted by molar-refractivity contribution is 0.498. The van der Waals surface area contributed by atoms with Gasteiger partial charge in [-0.1, -0.05) is 25.1 Å². The third-order valence-electron chi connectivity index (χ3n) is 3.55. The second kappa shape index (κ2) is 8.62. The number of nitrogens with one attached hydrogen (secondary N) is 2. The van der Waals surface area contributed by atoms with Crippen molar-refractivity contribution in [2.24, 2.45) is 4.99 Å². The van der Waals surface area contributed by atoms with Gasteiger partial charge in [0, 0.05) is 30.9 Å². The minimum atomic E-state index is -0.810. The zero-order valence-electron chi connectivity index (χ0n) is 13.3. The van der Waals surface area contributed by atoms with E-state index >= 15 is 0 Å². The normalized spacial score (nSPS) is 13.0. The molecule has 0 aliphatic heterocycles. The van der Waals surface area contributed by atoms with E-state index in [4.69, 9.17) is 0 Å². The van der Waals surface area contributed by atoms with E-state index < -0.39 is 11.6 Å². The molecule has 2 aromatic rings. The summed E-state index contributed by atoms with van der Waals surface area (Å²) in [5, 5.41) is 8.43.